The molecular formula is C18H14BrFN4O2. The van der Waals surface area contributed by atoms with Crippen molar-refractivity contribution in [2.45, 2.75) is 6.92 Å². The number of hydrogen-bond acceptors (Lipinski definition) is 3. The number of nitrogens with one attached hydrogen (secondary N) is 3. The van der Waals surface area contributed by atoms with E-state index < -0.39 is 17.6 Å². The van der Waals surface area contributed by atoms with Gasteiger partial charge in [0.05, 0.1) is 6.33 Å². The van der Waals surface area contributed by atoms with Crippen LogP contribution >= 0.6 is 15.9 Å². The molecule has 0 atom stereocenters. The fourth-order valence-corrected chi connectivity index (χ4v) is 2.64. The molecule has 0 aliphatic heterocycles. The van der Waals surface area contributed by atoms with Crippen LogP contribution in [0.1, 0.15) is 26.5 Å². The summed E-state index contributed by atoms with van der Waals surface area (Å²) in [6, 6.07) is 10.8. The molecule has 2 amide bonds. The molecule has 0 bridgehead atoms. The largest absolute Gasteiger partial charge is 0.340 e. The number of carbonyl (C=O) groups is 2. The number of benzene rings is 2. The molecule has 0 saturated carbocycles. The maximum Gasteiger partial charge on any atom is 0.276 e. The summed E-state index contributed by atoms with van der Waals surface area (Å²) in [7, 11) is 0. The molecule has 0 aliphatic carbocycles. The molecule has 6 nitrogen and oxygen atoms in total. The summed E-state index contributed by atoms with van der Waals surface area (Å²) in [6.45, 7) is 1.86. The van der Waals surface area contributed by atoms with Crippen molar-refractivity contribution in [3.63, 3.8) is 0 Å². The van der Waals surface area contributed by atoms with Gasteiger partial charge in [-0.2, -0.15) is 0 Å². The Morgan fingerprint density at radius 1 is 1.08 bits per heavy atom. The molecule has 26 heavy (non-hydrogen) atoms. The highest BCUT2D eigenvalue weighted by Gasteiger charge is 2.21. The number of rotatable bonds is 4. The second-order valence-corrected chi connectivity index (χ2v) is 6.42. The lowest BCUT2D eigenvalue weighted by molar-refractivity contribution is 0.0985. The Kier molecular flexibility index (Phi) is 5.13. The van der Waals surface area contributed by atoms with Gasteiger partial charge in [-0.1, -0.05) is 22.0 Å². The Morgan fingerprint density at radius 3 is 2.54 bits per heavy atom. The second kappa shape index (κ2) is 7.49. The third kappa shape index (κ3) is 3.97. The molecule has 1 aromatic heterocycles. The number of aromatic nitrogens is 2. The lowest BCUT2D eigenvalue weighted by Crippen LogP contribution is -2.20. The van der Waals surface area contributed by atoms with Gasteiger partial charge in [0.1, 0.15) is 11.5 Å². The van der Waals surface area contributed by atoms with Gasteiger partial charge in [0, 0.05) is 15.8 Å². The van der Waals surface area contributed by atoms with E-state index in [1.165, 1.54) is 30.6 Å². The Bertz CT molecular complexity index is 970. The fraction of sp³-hybridized carbons (Fsp3) is 0.0556. The first kappa shape index (κ1) is 17.8. The summed E-state index contributed by atoms with van der Waals surface area (Å²) in [5, 5.41) is 5.33. The Morgan fingerprint density at radius 2 is 1.81 bits per heavy atom. The van der Waals surface area contributed by atoms with Gasteiger partial charge in [-0.05, 0) is 48.9 Å². The van der Waals surface area contributed by atoms with Gasteiger partial charge in [0.25, 0.3) is 11.8 Å². The molecule has 3 rings (SSSR count). The van der Waals surface area contributed by atoms with Gasteiger partial charge in [0.2, 0.25) is 0 Å². The average molecular weight is 417 g/mol. The average Bonchev–Trinajstić information content (AvgIpc) is 3.10. The van der Waals surface area contributed by atoms with Crippen molar-refractivity contribution in [3.8, 4) is 0 Å². The number of halogens is 2. The highest BCUT2D eigenvalue weighted by molar-refractivity contribution is 9.10. The molecular weight excluding hydrogens is 403 g/mol. The Hall–Kier alpha value is -3.00. The van der Waals surface area contributed by atoms with Gasteiger partial charge < -0.3 is 15.6 Å². The van der Waals surface area contributed by atoms with Gasteiger partial charge in [-0.3, -0.25) is 9.59 Å². The van der Waals surface area contributed by atoms with Gasteiger partial charge in [-0.25, -0.2) is 9.37 Å². The van der Waals surface area contributed by atoms with E-state index in [1.807, 2.05) is 19.1 Å². The Labute approximate surface area is 157 Å². The number of H-pyrrole nitrogens is 1. The Balaban J connectivity index is 1.79. The van der Waals surface area contributed by atoms with E-state index >= 15 is 0 Å². The lowest BCUT2D eigenvalue weighted by atomic mass is 10.2. The van der Waals surface area contributed by atoms with Crippen molar-refractivity contribution in [1.29, 1.82) is 0 Å². The van der Waals surface area contributed by atoms with Crippen LogP contribution in [0, 0.1) is 12.7 Å². The number of aryl methyl sites for hydroxylation is 1. The number of nitrogens with zero attached hydrogens (tertiary/aromatic N) is 1. The van der Waals surface area contributed by atoms with Crippen LogP contribution < -0.4 is 10.6 Å². The van der Waals surface area contributed by atoms with Crippen molar-refractivity contribution in [2.75, 3.05) is 10.6 Å². The molecule has 0 spiro atoms. The van der Waals surface area contributed by atoms with Crippen LogP contribution in [0.2, 0.25) is 0 Å². The molecule has 8 heteroatoms. The molecule has 0 aliphatic rings. The van der Waals surface area contributed by atoms with E-state index in [-0.39, 0.29) is 11.4 Å². The number of imidazole rings is 1. The van der Waals surface area contributed by atoms with Crippen LogP contribution in [0.25, 0.3) is 0 Å². The van der Waals surface area contributed by atoms with Crippen molar-refractivity contribution in [2.24, 2.45) is 0 Å². The van der Waals surface area contributed by atoms with E-state index in [9.17, 15) is 14.0 Å². The van der Waals surface area contributed by atoms with Gasteiger partial charge in [-0.15, -0.1) is 0 Å². The van der Waals surface area contributed by atoms with Crippen molar-refractivity contribution in [3.05, 3.63) is 76.0 Å². The standard InChI is InChI=1S/C18H14BrFN4O2/c1-10-2-3-11(19)8-14(10)24-18(26)16-15(21-9-22-16)17(25)23-13-6-4-12(20)5-7-13/h2-9H,1H3,(H,21,22)(H,23,25)(H,24,26). The predicted octanol–water partition coefficient (Wildman–Crippen LogP) is 4.12. The van der Waals surface area contributed by atoms with Crippen LogP contribution in [0.3, 0.4) is 0 Å². The first-order valence-corrected chi connectivity index (χ1v) is 8.41. The molecule has 0 unspecified atom stereocenters. The van der Waals surface area contributed by atoms with Crippen LogP contribution in [-0.2, 0) is 0 Å². The summed E-state index contributed by atoms with van der Waals surface area (Å²) in [5.74, 6) is -1.48. The number of aromatic amines is 1. The first-order valence-electron chi connectivity index (χ1n) is 7.62. The van der Waals surface area contributed by atoms with Crippen molar-refractivity contribution in [1.82, 2.24) is 9.97 Å². The highest BCUT2D eigenvalue weighted by Crippen LogP contribution is 2.21. The third-order valence-corrected chi connectivity index (χ3v) is 4.12. The summed E-state index contributed by atoms with van der Waals surface area (Å²) in [6.07, 6.45) is 1.27. The minimum absolute atomic E-state index is 0.0134. The topological polar surface area (TPSA) is 86.9 Å². The maximum absolute atomic E-state index is 13.0. The first-order chi connectivity index (χ1) is 12.4. The van der Waals surface area contributed by atoms with Crippen molar-refractivity contribution >= 4 is 39.1 Å². The molecule has 0 fully saturated rings. The zero-order chi connectivity index (χ0) is 18.7. The van der Waals surface area contributed by atoms with Gasteiger partial charge >= 0.3 is 0 Å². The number of amides is 2. The van der Waals surface area contributed by atoms with Gasteiger partial charge in [0.15, 0.2) is 5.69 Å². The van der Waals surface area contributed by atoms with E-state index in [0.29, 0.717) is 11.4 Å². The predicted molar refractivity (Wildman–Crippen MR) is 99.8 cm³/mol. The molecule has 3 aromatic rings. The summed E-state index contributed by atoms with van der Waals surface area (Å²) >= 11 is 3.35. The smallest absolute Gasteiger partial charge is 0.276 e. The van der Waals surface area contributed by atoms with E-state index in [2.05, 4.69) is 36.5 Å². The minimum atomic E-state index is -0.551. The van der Waals surface area contributed by atoms with E-state index in [4.69, 9.17) is 0 Å². The van der Waals surface area contributed by atoms with Crippen LogP contribution in [-0.4, -0.2) is 21.8 Å². The minimum Gasteiger partial charge on any atom is -0.340 e. The SMILES string of the molecule is Cc1ccc(Br)cc1NC(=O)c1nc[nH]c1C(=O)Nc1ccc(F)cc1. The number of hydrogen-bond donors (Lipinski definition) is 3. The zero-order valence-corrected chi connectivity index (χ0v) is 15.2. The van der Waals surface area contributed by atoms with Crippen LogP contribution in [0.5, 0.6) is 0 Å². The van der Waals surface area contributed by atoms with Crippen molar-refractivity contribution < 1.29 is 14.0 Å². The van der Waals surface area contributed by atoms with E-state index in [1.54, 1.807) is 6.07 Å². The number of carbonyl (C=O) groups excluding carboxylic acids is 2. The molecule has 1 heterocycles. The summed E-state index contributed by atoms with van der Waals surface area (Å²) < 4.78 is 13.8. The fourth-order valence-electron chi connectivity index (χ4n) is 2.28. The monoisotopic (exact) mass is 416 g/mol. The quantitative estimate of drug-likeness (QED) is 0.597. The highest BCUT2D eigenvalue weighted by atomic mass is 79.9. The molecule has 2 aromatic carbocycles. The summed E-state index contributed by atoms with van der Waals surface area (Å²) in [5.41, 5.74) is 1.86. The molecule has 132 valence electrons. The zero-order valence-electron chi connectivity index (χ0n) is 13.6. The molecule has 0 radical (unpaired) electrons. The van der Waals surface area contributed by atoms with Crippen LogP contribution in [0.4, 0.5) is 15.8 Å². The normalized spacial score (nSPS) is 10.4. The van der Waals surface area contributed by atoms with Crippen LogP contribution in [0.15, 0.2) is 53.3 Å². The molecule has 0 saturated heterocycles. The summed E-state index contributed by atoms with van der Waals surface area (Å²) in [4.78, 5) is 31.5. The second-order valence-electron chi connectivity index (χ2n) is 5.50. The number of anilines is 2. The molecule has 3 N–H and O–H groups in total. The van der Waals surface area contributed by atoms with E-state index in [0.717, 1.165) is 10.0 Å². The third-order valence-electron chi connectivity index (χ3n) is 3.63. The maximum atomic E-state index is 13.0. The lowest BCUT2D eigenvalue weighted by Gasteiger charge is -2.09.